The molecule has 0 heterocycles. The van der Waals surface area contributed by atoms with Crippen LogP contribution in [0.15, 0.2) is 0 Å². The fourth-order valence-electron chi connectivity index (χ4n) is 5.52. The third kappa shape index (κ3) is 28.2. The van der Waals surface area contributed by atoms with E-state index in [9.17, 15) is 5.11 Å². The molecule has 0 aromatic carbocycles. The van der Waals surface area contributed by atoms with E-state index in [2.05, 4.69) is 13.8 Å². The Balaban J connectivity index is 3.37. The molecule has 0 rings (SSSR count). The van der Waals surface area contributed by atoms with Crippen LogP contribution < -0.4 is 0 Å². The summed E-state index contributed by atoms with van der Waals surface area (Å²) in [6, 6.07) is 0. The first-order chi connectivity index (χ1) is 16.8. The molecule has 0 aromatic heterocycles. The van der Waals surface area contributed by atoms with E-state index < -0.39 is 0 Å². The maximum atomic E-state index is 9.44. The Bertz CT molecular complexity index is 339. The van der Waals surface area contributed by atoms with Crippen LogP contribution in [-0.4, -0.2) is 11.7 Å². The maximum absolute atomic E-state index is 9.44. The molecule has 0 saturated heterocycles. The van der Waals surface area contributed by atoms with Crippen molar-refractivity contribution in [2.24, 2.45) is 5.92 Å². The summed E-state index contributed by atoms with van der Waals surface area (Å²) in [4.78, 5) is 0. The molecule has 0 amide bonds. The second-order valence-electron chi connectivity index (χ2n) is 11.4. The summed E-state index contributed by atoms with van der Waals surface area (Å²) in [7, 11) is 0. The molecule has 1 unspecified atom stereocenters. The van der Waals surface area contributed by atoms with Crippen LogP contribution in [-0.2, 0) is 0 Å². The Labute approximate surface area is 217 Å². The zero-order valence-corrected chi connectivity index (χ0v) is 24.2. The number of unbranched alkanes of at least 4 members (excludes halogenated alkanes) is 24. The number of aliphatic hydroxyl groups is 1. The first-order valence-corrected chi connectivity index (χ1v) is 16.5. The van der Waals surface area contributed by atoms with Crippen molar-refractivity contribution in [1.82, 2.24) is 0 Å². The van der Waals surface area contributed by atoms with Crippen LogP contribution in [0.25, 0.3) is 0 Å². The molecule has 1 heteroatoms. The molecule has 0 aliphatic carbocycles. The second-order valence-corrected chi connectivity index (χ2v) is 11.4. The average molecular weight is 481 g/mol. The standard InChI is InChI=1S/C33H68O/c1-3-5-7-9-11-13-15-17-18-20-22-24-26-28-30-33(31-32-34)29-27-25-23-21-19-16-14-12-10-8-6-4-2/h33-34H,3-32H2,1-2H3. The van der Waals surface area contributed by atoms with Gasteiger partial charge in [-0.25, -0.2) is 0 Å². The van der Waals surface area contributed by atoms with E-state index in [1.807, 2.05) is 0 Å². The van der Waals surface area contributed by atoms with Gasteiger partial charge < -0.3 is 5.11 Å². The molecule has 0 spiro atoms. The predicted molar refractivity (Wildman–Crippen MR) is 156 cm³/mol. The first kappa shape index (κ1) is 34.0. The summed E-state index contributed by atoms with van der Waals surface area (Å²) in [5, 5.41) is 9.44. The van der Waals surface area contributed by atoms with Gasteiger partial charge in [-0.1, -0.05) is 194 Å². The van der Waals surface area contributed by atoms with Gasteiger partial charge in [-0.3, -0.25) is 0 Å². The fraction of sp³-hybridized carbons (Fsp3) is 1.00. The third-order valence-electron chi connectivity index (χ3n) is 7.97. The lowest BCUT2D eigenvalue weighted by Gasteiger charge is -2.15. The zero-order chi connectivity index (χ0) is 24.8. The molecule has 0 bridgehead atoms. The minimum Gasteiger partial charge on any atom is -0.396 e. The monoisotopic (exact) mass is 481 g/mol. The molecule has 0 aromatic rings. The summed E-state index contributed by atoms with van der Waals surface area (Å²) in [5.41, 5.74) is 0. The molecule has 34 heavy (non-hydrogen) atoms. The van der Waals surface area contributed by atoms with Crippen molar-refractivity contribution in [3.63, 3.8) is 0 Å². The molecule has 0 aliphatic heterocycles. The van der Waals surface area contributed by atoms with Crippen LogP contribution in [0.3, 0.4) is 0 Å². The van der Waals surface area contributed by atoms with Crippen LogP contribution in [0.4, 0.5) is 0 Å². The molecular formula is C33H68O. The van der Waals surface area contributed by atoms with Crippen molar-refractivity contribution in [3.05, 3.63) is 0 Å². The zero-order valence-electron chi connectivity index (χ0n) is 24.2. The van der Waals surface area contributed by atoms with Crippen LogP contribution >= 0.6 is 0 Å². The highest BCUT2D eigenvalue weighted by atomic mass is 16.3. The van der Waals surface area contributed by atoms with Crippen molar-refractivity contribution in [2.45, 2.75) is 200 Å². The molecule has 0 fully saturated rings. The van der Waals surface area contributed by atoms with E-state index >= 15 is 0 Å². The molecule has 206 valence electrons. The summed E-state index contributed by atoms with van der Waals surface area (Å²) >= 11 is 0. The maximum Gasteiger partial charge on any atom is 0.0433 e. The summed E-state index contributed by atoms with van der Waals surface area (Å²) < 4.78 is 0. The van der Waals surface area contributed by atoms with Gasteiger partial charge in [0.25, 0.3) is 0 Å². The molecule has 0 radical (unpaired) electrons. The minimum absolute atomic E-state index is 0.390. The lowest BCUT2D eigenvalue weighted by atomic mass is 9.91. The van der Waals surface area contributed by atoms with Gasteiger partial charge in [0.1, 0.15) is 0 Å². The van der Waals surface area contributed by atoms with E-state index in [0.717, 1.165) is 12.3 Å². The number of aliphatic hydroxyl groups excluding tert-OH is 1. The lowest BCUT2D eigenvalue weighted by Crippen LogP contribution is -2.03. The van der Waals surface area contributed by atoms with E-state index in [-0.39, 0.29) is 0 Å². The molecule has 1 nitrogen and oxygen atoms in total. The van der Waals surface area contributed by atoms with Crippen LogP contribution in [0.2, 0.25) is 0 Å². The highest BCUT2D eigenvalue weighted by Crippen LogP contribution is 2.22. The largest absolute Gasteiger partial charge is 0.396 e. The number of hydrogen-bond donors (Lipinski definition) is 1. The van der Waals surface area contributed by atoms with Gasteiger partial charge >= 0.3 is 0 Å². The van der Waals surface area contributed by atoms with E-state index in [4.69, 9.17) is 0 Å². The molecule has 1 atom stereocenters. The van der Waals surface area contributed by atoms with Crippen molar-refractivity contribution in [1.29, 1.82) is 0 Å². The Morgan fingerprint density at radius 1 is 0.324 bits per heavy atom. The van der Waals surface area contributed by atoms with Crippen molar-refractivity contribution in [3.8, 4) is 0 Å². The average Bonchev–Trinajstić information content (AvgIpc) is 2.84. The molecule has 0 saturated carbocycles. The Morgan fingerprint density at radius 3 is 0.794 bits per heavy atom. The Kier molecular flexibility index (Phi) is 31.0. The van der Waals surface area contributed by atoms with Gasteiger partial charge in [-0.05, 0) is 12.3 Å². The fourth-order valence-corrected chi connectivity index (χ4v) is 5.52. The number of rotatable bonds is 30. The van der Waals surface area contributed by atoms with Crippen molar-refractivity contribution < 1.29 is 5.11 Å². The van der Waals surface area contributed by atoms with Gasteiger partial charge in [0.05, 0.1) is 0 Å². The normalized spacial score (nSPS) is 12.4. The second kappa shape index (κ2) is 31.0. The Hall–Kier alpha value is -0.0400. The third-order valence-corrected chi connectivity index (χ3v) is 7.97. The van der Waals surface area contributed by atoms with Gasteiger partial charge in [0, 0.05) is 6.61 Å². The first-order valence-electron chi connectivity index (χ1n) is 16.5. The highest BCUT2D eigenvalue weighted by Gasteiger charge is 2.08. The SMILES string of the molecule is CCCCCCCCCCCCCCCCC(CCO)CCCCCCCCCCCCCC. The van der Waals surface area contributed by atoms with Gasteiger partial charge in [-0.2, -0.15) is 0 Å². The Morgan fingerprint density at radius 2 is 0.559 bits per heavy atom. The molecule has 0 aliphatic rings. The number of hydrogen-bond acceptors (Lipinski definition) is 1. The lowest BCUT2D eigenvalue weighted by molar-refractivity contribution is 0.241. The quantitative estimate of drug-likeness (QED) is 0.101. The van der Waals surface area contributed by atoms with Gasteiger partial charge in [0.15, 0.2) is 0 Å². The van der Waals surface area contributed by atoms with Crippen molar-refractivity contribution >= 4 is 0 Å². The van der Waals surface area contributed by atoms with E-state index in [1.165, 1.54) is 180 Å². The molecule has 1 N–H and O–H groups in total. The molecular weight excluding hydrogens is 412 g/mol. The van der Waals surface area contributed by atoms with Crippen LogP contribution in [0, 0.1) is 5.92 Å². The van der Waals surface area contributed by atoms with Crippen LogP contribution in [0.5, 0.6) is 0 Å². The smallest absolute Gasteiger partial charge is 0.0433 e. The summed E-state index contributed by atoms with van der Waals surface area (Å²) in [6.45, 7) is 4.99. The van der Waals surface area contributed by atoms with Crippen molar-refractivity contribution in [2.75, 3.05) is 6.61 Å². The van der Waals surface area contributed by atoms with Crippen LogP contribution in [0.1, 0.15) is 200 Å². The van der Waals surface area contributed by atoms with Gasteiger partial charge in [-0.15, -0.1) is 0 Å². The topological polar surface area (TPSA) is 20.2 Å². The van der Waals surface area contributed by atoms with E-state index in [1.54, 1.807) is 0 Å². The van der Waals surface area contributed by atoms with E-state index in [0.29, 0.717) is 6.61 Å². The minimum atomic E-state index is 0.390. The summed E-state index contributed by atoms with van der Waals surface area (Å²) in [5.74, 6) is 0.783. The predicted octanol–water partition coefficient (Wildman–Crippen LogP) is 11.9. The van der Waals surface area contributed by atoms with Gasteiger partial charge in [0.2, 0.25) is 0 Å². The summed E-state index contributed by atoms with van der Waals surface area (Å²) in [6.07, 6.45) is 41.1. The highest BCUT2D eigenvalue weighted by molar-refractivity contribution is 4.61.